The van der Waals surface area contributed by atoms with Gasteiger partial charge < -0.3 is 9.30 Å². The second-order valence-electron chi connectivity index (χ2n) is 10.1. The van der Waals surface area contributed by atoms with Crippen molar-refractivity contribution in [3.05, 3.63) is 81.8 Å². The van der Waals surface area contributed by atoms with E-state index in [1.807, 2.05) is 12.1 Å². The van der Waals surface area contributed by atoms with Crippen molar-refractivity contribution in [1.82, 2.24) is 19.2 Å². The Hall–Kier alpha value is -3.60. The van der Waals surface area contributed by atoms with Crippen molar-refractivity contribution in [3.8, 4) is 16.9 Å². The minimum Gasteiger partial charge on any atom is -0.497 e. The standard InChI is InChI=1S/C30H34N4O/c1-17(2)26-15-25-21(6)31-29-28(27-19(4)13-18(3)14-20(27)5)22(7)32-34(29)30(25)33(26)16-23-9-11-24(35-8)12-10-23/h9-15,17H,16H2,1-8H3. The SMILES string of the molecule is COc1ccc(Cn2c(C(C)C)cc3c(C)nc4c(-c5c(C)cc(C)cc5C)c(C)nn4c32)cc1. The zero-order valence-electron chi connectivity index (χ0n) is 22.0. The molecule has 0 aliphatic rings. The van der Waals surface area contributed by atoms with Crippen LogP contribution in [0.5, 0.6) is 5.75 Å². The number of benzene rings is 2. The van der Waals surface area contributed by atoms with Crippen molar-refractivity contribution in [2.75, 3.05) is 7.11 Å². The van der Waals surface area contributed by atoms with Crippen molar-refractivity contribution < 1.29 is 4.74 Å². The first kappa shape index (κ1) is 23.2. The molecule has 0 unspecified atom stereocenters. The molecule has 3 heterocycles. The molecule has 5 nitrogen and oxygen atoms in total. The minimum absolute atomic E-state index is 0.368. The highest BCUT2D eigenvalue weighted by atomic mass is 16.5. The maximum Gasteiger partial charge on any atom is 0.165 e. The van der Waals surface area contributed by atoms with E-state index < -0.39 is 0 Å². The van der Waals surface area contributed by atoms with E-state index >= 15 is 0 Å². The van der Waals surface area contributed by atoms with Crippen LogP contribution in [0, 0.1) is 34.6 Å². The van der Waals surface area contributed by atoms with Gasteiger partial charge in [-0.1, -0.05) is 43.7 Å². The zero-order valence-corrected chi connectivity index (χ0v) is 22.0. The molecule has 0 saturated heterocycles. The van der Waals surface area contributed by atoms with Gasteiger partial charge in [-0.3, -0.25) is 0 Å². The molecule has 0 N–H and O–H groups in total. The van der Waals surface area contributed by atoms with E-state index in [2.05, 4.69) is 87.9 Å². The normalized spacial score (nSPS) is 11.8. The summed E-state index contributed by atoms with van der Waals surface area (Å²) < 4.78 is 9.85. The molecule has 35 heavy (non-hydrogen) atoms. The molecule has 5 heteroatoms. The van der Waals surface area contributed by atoms with Crippen LogP contribution in [0.4, 0.5) is 0 Å². The number of nitrogens with zero attached hydrogens (tertiary/aromatic N) is 4. The lowest BCUT2D eigenvalue weighted by Crippen LogP contribution is -2.09. The third-order valence-corrected chi connectivity index (χ3v) is 7.02. The molecule has 5 rings (SSSR count). The summed E-state index contributed by atoms with van der Waals surface area (Å²) in [7, 11) is 1.70. The third kappa shape index (κ3) is 3.79. The lowest BCUT2D eigenvalue weighted by atomic mass is 9.94. The second-order valence-corrected chi connectivity index (χ2v) is 10.1. The van der Waals surface area contributed by atoms with E-state index in [0.29, 0.717) is 5.92 Å². The Morgan fingerprint density at radius 1 is 0.857 bits per heavy atom. The van der Waals surface area contributed by atoms with Crippen LogP contribution < -0.4 is 4.74 Å². The highest BCUT2D eigenvalue weighted by Gasteiger charge is 2.23. The fourth-order valence-electron chi connectivity index (χ4n) is 5.46. The van der Waals surface area contributed by atoms with Gasteiger partial charge in [0.1, 0.15) is 11.4 Å². The van der Waals surface area contributed by atoms with Crippen LogP contribution >= 0.6 is 0 Å². The summed E-state index contributed by atoms with van der Waals surface area (Å²) in [6, 6.07) is 15.1. The van der Waals surface area contributed by atoms with Crippen molar-refractivity contribution in [2.45, 2.75) is 60.9 Å². The van der Waals surface area contributed by atoms with Crippen LogP contribution in [-0.2, 0) is 6.54 Å². The molecule has 0 bridgehead atoms. The first-order chi connectivity index (χ1) is 16.7. The zero-order chi connectivity index (χ0) is 25.0. The molecule has 0 aliphatic heterocycles. The Kier molecular flexibility index (Phi) is 5.66. The molecule has 2 aromatic carbocycles. The summed E-state index contributed by atoms with van der Waals surface area (Å²) in [5, 5.41) is 6.23. The van der Waals surface area contributed by atoms with E-state index in [4.69, 9.17) is 14.8 Å². The topological polar surface area (TPSA) is 44.3 Å². The van der Waals surface area contributed by atoms with E-state index in [0.717, 1.165) is 45.9 Å². The van der Waals surface area contributed by atoms with Gasteiger partial charge in [0.25, 0.3) is 0 Å². The molecule has 0 amide bonds. The fraction of sp³-hybridized carbons (Fsp3) is 0.333. The Morgan fingerprint density at radius 2 is 1.51 bits per heavy atom. The van der Waals surface area contributed by atoms with Gasteiger partial charge in [-0.05, 0) is 81.0 Å². The number of ether oxygens (including phenoxy) is 1. The molecule has 0 fully saturated rings. The Bertz CT molecular complexity index is 1550. The van der Waals surface area contributed by atoms with Crippen LogP contribution in [0.3, 0.4) is 0 Å². The summed E-state index contributed by atoms with van der Waals surface area (Å²) in [5.41, 5.74) is 12.7. The monoisotopic (exact) mass is 466 g/mol. The van der Waals surface area contributed by atoms with E-state index in [1.54, 1.807) is 7.11 Å². The molecule has 0 atom stereocenters. The van der Waals surface area contributed by atoms with Crippen molar-refractivity contribution in [1.29, 1.82) is 0 Å². The molecule has 5 aromatic rings. The number of aromatic nitrogens is 4. The third-order valence-electron chi connectivity index (χ3n) is 7.02. The quantitative estimate of drug-likeness (QED) is 0.278. The Labute approximate surface area is 207 Å². The minimum atomic E-state index is 0.368. The summed E-state index contributed by atoms with van der Waals surface area (Å²) in [5.74, 6) is 1.24. The number of rotatable bonds is 5. The average Bonchev–Trinajstić information content (AvgIpc) is 3.33. The largest absolute Gasteiger partial charge is 0.497 e. The molecule has 0 radical (unpaired) electrons. The number of aryl methyl sites for hydroxylation is 5. The van der Waals surface area contributed by atoms with Gasteiger partial charge in [-0.15, -0.1) is 0 Å². The molecule has 0 spiro atoms. The number of methoxy groups -OCH3 is 1. The predicted octanol–water partition coefficient (Wildman–Crippen LogP) is 7.07. The number of fused-ring (bicyclic) bond motifs is 3. The first-order valence-corrected chi connectivity index (χ1v) is 12.3. The van der Waals surface area contributed by atoms with Gasteiger partial charge in [-0.2, -0.15) is 9.61 Å². The van der Waals surface area contributed by atoms with Gasteiger partial charge in [0.15, 0.2) is 5.65 Å². The van der Waals surface area contributed by atoms with E-state index in [9.17, 15) is 0 Å². The molecular formula is C30H34N4O. The fourth-order valence-corrected chi connectivity index (χ4v) is 5.46. The molecular weight excluding hydrogens is 432 g/mol. The highest BCUT2D eigenvalue weighted by molar-refractivity contribution is 5.90. The van der Waals surface area contributed by atoms with Crippen LogP contribution in [-0.4, -0.2) is 26.3 Å². The van der Waals surface area contributed by atoms with Crippen LogP contribution in [0.25, 0.3) is 27.8 Å². The van der Waals surface area contributed by atoms with Gasteiger partial charge in [0.05, 0.1) is 24.1 Å². The van der Waals surface area contributed by atoms with Gasteiger partial charge >= 0.3 is 0 Å². The van der Waals surface area contributed by atoms with Crippen LogP contribution in [0.1, 0.15) is 59.1 Å². The molecule has 0 saturated carbocycles. The maximum atomic E-state index is 5.37. The molecule has 0 aliphatic carbocycles. The van der Waals surface area contributed by atoms with Gasteiger partial charge in [-0.25, -0.2) is 4.98 Å². The lowest BCUT2D eigenvalue weighted by molar-refractivity contribution is 0.414. The van der Waals surface area contributed by atoms with E-state index in [1.165, 1.54) is 33.5 Å². The number of hydrogen-bond donors (Lipinski definition) is 0. The first-order valence-electron chi connectivity index (χ1n) is 12.3. The lowest BCUT2D eigenvalue weighted by Gasteiger charge is -2.15. The highest BCUT2D eigenvalue weighted by Crippen LogP contribution is 2.36. The second kappa shape index (κ2) is 8.56. The van der Waals surface area contributed by atoms with Crippen molar-refractivity contribution in [2.24, 2.45) is 0 Å². The Morgan fingerprint density at radius 3 is 2.11 bits per heavy atom. The summed E-state index contributed by atoms with van der Waals surface area (Å²) in [4.78, 5) is 5.12. The van der Waals surface area contributed by atoms with Crippen molar-refractivity contribution >= 4 is 16.7 Å². The maximum absolute atomic E-state index is 5.37. The Balaban J connectivity index is 1.81. The average molecular weight is 467 g/mol. The van der Waals surface area contributed by atoms with Crippen LogP contribution in [0.15, 0.2) is 42.5 Å². The smallest absolute Gasteiger partial charge is 0.165 e. The number of hydrogen-bond acceptors (Lipinski definition) is 3. The summed E-state index contributed by atoms with van der Waals surface area (Å²) in [6.45, 7) is 16.0. The van der Waals surface area contributed by atoms with Gasteiger partial charge in [0.2, 0.25) is 0 Å². The van der Waals surface area contributed by atoms with E-state index in [-0.39, 0.29) is 0 Å². The predicted molar refractivity (Wildman–Crippen MR) is 144 cm³/mol. The van der Waals surface area contributed by atoms with Crippen LogP contribution in [0.2, 0.25) is 0 Å². The molecule has 180 valence electrons. The van der Waals surface area contributed by atoms with Crippen molar-refractivity contribution in [3.63, 3.8) is 0 Å². The van der Waals surface area contributed by atoms with Gasteiger partial charge in [0, 0.05) is 17.6 Å². The summed E-state index contributed by atoms with van der Waals surface area (Å²) in [6.07, 6.45) is 0. The summed E-state index contributed by atoms with van der Waals surface area (Å²) >= 11 is 0. The molecule has 3 aromatic heterocycles.